The number of anilines is 1. The summed E-state index contributed by atoms with van der Waals surface area (Å²) in [5.74, 6) is -0.636. The van der Waals surface area contributed by atoms with Crippen molar-refractivity contribution in [2.45, 2.75) is 38.5 Å². The van der Waals surface area contributed by atoms with Gasteiger partial charge in [-0.25, -0.2) is 8.42 Å². The highest BCUT2D eigenvalue weighted by molar-refractivity contribution is 7.89. The van der Waals surface area contributed by atoms with Crippen molar-refractivity contribution < 1.29 is 18.0 Å². The van der Waals surface area contributed by atoms with Crippen LogP contribution >= 0.6 is 0 Å². The van der Waals surface area contributed by atoms with Crippen molar-refractivity contribution in [3.05, 3.63) is 65.4 Å². The number of carbonyl (C=O) groups is 2. The van der Waals surface area contributed by atoms with Crippen molar-refractivity contribution in [3.8, 4) is 0 Å². The molecule has 2 aromatic carbocycles. The lowest BCUT2D eigenvalue weighted by Crippen LogP contribution is -2.35. The lowest BCUT2D eigenvalue weighted by atomic mass is 10.0. The molecule has 2 amide bonds. The van der Waals surface area contributed by atoms with Gasteiger partial charge in [0, 0.05) is 25.3 Å². The van der Waals surface area contributed by atoms with Crippen LogP contribution < -0.4 is 5.32 Å². The van der Waals surface area contributed by atoms with E-state index in [1.807, 2.05) is 45.0 Å². The smallest absolute Gasteiger partial charge is 0.278 e. The zero-order chi connectivity index (χ0) is 23.8. The first-order chi connectivity index (χ1) is 15.7. The highest BCUT2D eigenvalue weighted by Gasteiger charge is 2.39. The molecule has 1 N–H and O–H groups in total. The van der Waals surface area contributed by atoms with E-state index in [9.17, 15) is 18.0 Å². The fourth-order valence-corrected chi connectivity index (χ4v) is 5.73. The fraction of sp³-hybridized carbons (Fsp3) is 0.360. The molecule has 0 saturated carbocycles. The molecule has 0 unspecified atom stereocenters. The molecular formula is C25H29N3O4S. The Labute approximate surface area is 195 Å². The van der Waals surface area contributed by atoms with Crippen LogP contribution in [0.2, 0.25) is 0 Å². The SMILES string of the molecule is Cc1ccc(C2=C(Nc3cccc(S(=O)(=O)N4CCCC4)c3)C(=O)N(CC(C)C)C2=O)cc1. The number of hydrogen-bond acceptors (Lipinski definition) is 5. The van der Waals surface area contributed by atoms with Gasteiger partial charge in [-0.15, -0.1) is 0 Å². The van der Waals surface area contributed by atoms with Crippen LogP contribution in [0.15, 0.2) is 59.1 Å². The lowest BCUT2D eigenvalue weighted by molar-refractivity contribution is -0.137. The summed E-state index contributed by atoms with van der Waals surface area (Å²) in [7, 11) is -3.60. The Kier molecular flexibility index (Phi) is 6.41. The van der Waals surface area contributed by atoms with Crippen LogP contribution in [0.4, 0.5) is 5.69 Å². The quantitative estimate of drug-likeness (QED) is 0.629. The molecule has 7 nitrogen and oxygen atoms in total. The van der Waals surface area contributed by atoms with Gasteiger partial charge in [0.2, 0.25) is 10.0 Å². The standard InChI is InChI=1S/C25H29N3O4S/c1-17(2)16-28-24(29)22(19-11-9-18(3)10-12-19)23(25(28)30)26-20-7-6-8-21(15-20)33(31,32)27-13-4-5-14-27/h6-12,15,17,26H,4-5,13-14,16H2,1-3H3. The molecule has 0 aromatic heterocycles. The summed E-state index contributed by atoms with van der Waals surface area (Å²) in [5.41, 5.74) is 2.61. The molecule has 0 bridgehead atoms. The molecule has 33 heavy (non-hydrogen) atoms. The molecule has 0 aliphatic carbocycles. The van der Waals surface area contributed by atoms with Crippen molar-refractivity contribution >= 4 is 33.1 Å². The molecule has 2 aliphatic rings. The third-order valence-electron chi connectivity index (χ3n) is 5.86. The number of carbonyl (C=O) groups excluding carboxylic acids is 2. The average molecular weight is 468 g/mol. The van der Waals surface area contributed by atoms with E-state index in [2.05, 4.69) is 5.32 Å². The van der Waals surface area contributed by atoms with Gasteiger partial charge in [-0.05, 0) is 49.4 Å². The molecule has 174 valence electrons. The van der Waals surface area contributed by atoms with E-state index in [4.69, 9.17) is 0 Å². The second kappa shape index (κ2) is 9.11. The molecule has 2 aromatic rings. The lowest BCUT2D eigenvalue weighted by Gasteiger charge is -2.18. The van der Waals surface area contributed by atoms with Crippen molar-refractivity contribution in [2.24, 2.45) is 5.92 Å². The number of sulfonamides is 1. The molecule has 2 aliphatic heterocycles. The Morgan fingerprint density at radius 3 is 2.27 bits per heavy atom. The molecule has 0 atom stereocenters. The van der Waals surface area contributed by atoms with E-state index >= 15 is 0 Å². The van der Waals surface area contributed by atoms with Crippen LogP contribution in [0.25, 0.3) is 5.57 Å². The molecule has 1 saturated heterocycles. The van der Waals surface area contributed by atoms with Crippen molar-refractivity contribution in [3.63, 3.8) is 0 Å². The average Bonchev–Trinajstić information content (AvgIpc) is 3.40. The van der Waals surface area contributed by atoms with E-state index in [-0.39, 0.29) is 22.4 Å². The van der Waals surface area contributed by atoms with Gasteiger partial charge in [-0.3, -0.25) is 14.5 Å². The fourth-order valence-electron chi connectivity index (χ4n) is 4.17. The van der Waals surface area contributed by atoms with Crippen molar-refractivity contribution in [1.82, 2.24) is 9.21 Å². The first kappa shape index (κ1) is 23.2. The van der Waals surface area contributed by atoms with Crippen molar-refractivity contribution in [2.75, 3.05) is 25.0 Å². The molecular weight excluding hydrogens is 438 g/mol. The minimum Gasteiger partial charge on any atom is -0.350 e. The Bertz CT molecular complexity index is 1210. The van der Waals surface area contributed by atoms with Gasteiger partial charge in [0.1, 0.15) is 5.70 Å². The highest BCUT2D eigenvalue weighted by Crippen LogP contribution is 2.32. The van der Waals surface area contributed by atoms with Crippen molar-refractivity contribution in [1.29, 1.82) is 0 Å². The van der Waals surface area contributed by atoms with Crippen LogP contribution in [-0.2, 0) is 19.6 Å². The van der Waals surface area contributed by atoms with Crippen LogP contribution in [-0.4, -0.2) is 49.1 Å². The molecule has 2 heterocycles. The maximum Gasteiger partial charge on any atom is 0.278 e. The van der Waals surface area contributed by atoms with Crippen LogP contribution in [0.1, 0.15) is 37.8 Å². The first-order valence-corrected chi connectivity index (χ1v) is 12.7. The summed E-state index contributed by atoms with van der Waals surface area (Å²) >= 11 is 0. The van der Waals surface area contributed by atoms with E-state index in [0.29, 0.717) is 36.5 Å². The second-order valence-electron chi connectivity index (χ2n) is 8.99. The zero-order valence-corrected chi connectivity index (χ0v) is 20.0. The van der Waals surface area contributed by atoms with Gasteiger partial charge in [-0.2, -0.15) is 4.31 Å². The molecule has 0 spiro atoms. The predicted molar refractivity (Wildman–Crippen MR) is 128 cm³/mol. The van der Waals surface area contributed by atoms with Crippen LogP contribution in [0.5, 0.6) is 0 Å². The number of rotatable bonds is 7. The van der Waals surface area contributed by atoms with E-state index < -0.39 is 15.9 Å². The Morgan fingerprint density at radius 2 is 1.64 bits per heavy atom. The minimum atomic E-state index is -3.60. The maximum atomic E-state index is 13.3. The molecule has 1 fully saturated rings. The molecule has 8 heteroatoms. The van der Waals surface area contributed by atoms with E-state index in [0.717, 1.165) is 18.4 Å². The van der Waals surface area contributed by atoms with Gasteiger partial charge in [0.05, 0.1) is 10.5 Å². The van der Waals surface area contributed by atoms with Gasteiger partial charge in [0.15, 0.2) is 0 Å². The Balaban J connectivity index is 1.73. The summed E-state index contributed by atoms with van der Waals surface area (Å²) in [6.07, 6.45) is 1.71. The normalized spacial score (nSPS) is 17.5. The number of aryl methyl sites for hydroxylation is 1. The second-order valence-corrected chi connectivity index (χ2v) is 10.9. The maximum absolute atomic E-state index is 13.3. The number of hydrogen-bond donors (Lipinski definition) is 1. The third-order valence-corrected chi connectivity index (χ3v) is 7.76. The first-order valence-electron chi connectivity index (χ1n) is 11.2. The Hall–Kier alpha value is -2.97. The van der Waals surface area contributed by atoms with E-state index in [1.54, 1.807) is 18.2 Å². The molecule has 4 rings (SSSR count). The summed E-state index contributed by atoms with van der Waals surface area (Å²) in [5, 5.41) is 3.08. The van der Waals surface area contributed by atoms with E-state index in [1.165, 1.54) is 15.3 Å². The number of imide groups is 1. The van der Waals surface area contributed by atoms with Gasteiger partial charge >= 0.3 is 0 Å². The van der Waals surface area contributed by atoms with Crippen LogP contribution in [0, 0.1) is 12.8 Å². The van der Waals surface area contributed by atoms with Gasteiger partial charge in [0.25, 0.3) is 11.8 Å². The predicted octanol–water partition coefficient (Wildman–Crippen LogP) is 3.63. The van der Waals surface area contributed by atoms with Gasteiger partial charge in [-0.1, -0.05) is 49.7 Å². The van der Waals surface area contributed by atoms with Crippen LogP contribution in [0.3, 0.4) is 0 Å². The van der Waals surface area contributed by atoms with Gasteiger partial charge < -0.3 is 5.32 Å². The largest absolute Gasteiger partial charge is 0.350 e. The zero-order valence-electron chi connectivity index (χ0n) is 19.2. The Morgan fingerprint density at radius 1 is 0.970 bits per heavy atom. The topological polar surface area (TPSA) is 86.8 Å². The summed E-state index contributed by atoms with van der Waals surface area (Å²) in [4.78, 5) is 27.9. The monoisotopic (exact) mass is 467 g/mol. The summed E-state index contributed by atoms with van der Waals surface area (Å²) in [6.45, 7) is 7.19. The highest BCUT2D eigenvalue weighted by atomic mass is 32.2. The minimum absolute atomic E-state index is 0.116. The number of amides is 2. The number of nitrogens with one attached hydrogen (secondary N) is 1. The summed E-state index contributed by atoms with van der Waals surface area (Å²) in [6, 6.07) is 13.9. The third kappa shape index (κ3) is 4.58. The molecule has 0 radical (unpaired) electrons. The summed E-state index contributed by atoms with van der Waals surface area (Å²) < 4.78 is 27.5. The number of nitrogens with zero attached hydrogens (tertiary/aromatic N) is 2. The number of benzene rings is 2.